The van der Waals surface area contributed by atoms with E-state index in [0.29, 0.717) is 12.4 Å². The fraction of sp³-hybridized carbons (Fsp3) is 0.353. The topological polar surface area (TPSA) is 95.9 Å². The van der Waals surface area contributed by atoms with Crippen molar-refractivity contribution in [1.82, 2.24) is 24.9 Å². The molecule has 0 aliphatic rings. The number of carbonyl (C=O) groups is 1. The van der Waals surface area contributed by atoms with E-state index in [1.807, 2.05) is 26.0 Å². The third-order valence-corrected chi connectivity index (χ3v) is 3.65. The maximum absolute atomic E-state index is 12.0. The Morgan fingerprint density at radius 1 is 1.40 bits per heavy atom. The van der Waals surface area contributed by atoms with Crippen molar-refractivity contribution in [1.29, 1.82) is 0 Å². The van der Waals surface area contributed by atoms with Gasteiger partial charge in [-0.2, -0.15) is 10.1 Å². The molecule has 0 N–H and O–H groups in total. The summed E-state index contributed by atoms with van der Waals surface area (Å²) in [7, 11) is 0. The number of hydrogen-bond donors (Lipinski definition) is 0. The largest absolute Gasteiger partial charge is 0.452 e. The summed E-state index contributed by atoms with van der Waals surface area (Å²) < 4.78 is 12.3. The second kappa shape index (κ2) is 7.25. The van der Waals surface area contributed by atoms with Crippen LogP contribution in [0.15, 0.2) is 35.1 Å². The third-order valence-electron chi connectivity index (χ3n) is 3.65. The Morgan fingerprint density at radius 3 is 2.92 bits per heavy atom. The van der Waals surface area contributed by atoms with Crippen LogP contribution >= 0.6 is 0 Å². The van der Waals surface area contributed by atoms with Crippen LogP contribution in [0.4, 0.5) is 0 Å². The molecule has 8 heteroatoms. The van der Waals surface area contributed by atoms with Gasteiger partial charge in [-0.25, -0.2) is 0 Å². The molecule has 25 heavy (non-hydrogen) atoms. The average molecular weight is 341 g/mol. The van der Waals surface area contributed by atoms with E-state index in [2.05, 4.69) is 20.2 Å². The zero-order valence-corrected chi connectivity index (χ0v) is 14.3. The molecule has 3 aromatic rings. The van der Waals surface area contributed by atoms with Gasteiger partial charge in [-0.1, -0.05) is 5.16 Å². The molecule has 0 fully saturated rings. The van der Waals surface area contributed by atoms with Crippen molar-refractivity contribution in [2.45, 2.75) is 39.8 Å². The van der Waals surface area contributed by atoms with Crippen molar-refractivity contribution in [2.75, 3.05) is 0 Å². The molecule has 0 aromatic carbocycles. The Kier molecular flexibility index (Phi) is 4.87. The molecule has 3 heterocycles. The molecule has 0 radical (unpaired) electrons. The number of hydrogen-bond acceptors (Lipinski definition) is 7. The standard InChI is InChI=1S/C17H19N5O3/c1-11-9-12(2)22(20-11)8-6-15(23)24-13(3)17-19-16(21-25-17)14-5-4-7-18-10-14/h4-5,7,9-10,13H,6,8H2,1-3H3. The van der Waals surface area contributed by atoms with Crippen LogP contribution in [0.25, 0.3) is 11.4 Å². The van der Waals surface area contributed by atoms with Crippen molar-refractivity contribution in [3.05, 3.63) is 47.9 Å². The summed E-state index contributed by atoms with van der Waals surface area (Å²) in [5, 5.41) is 8.21. The van der Waals surface area contributed by atoms with E-state index in [9.17, 15) is 4.79 Å². The highest BCUT2D eigenvalue weighted by Gasteiger charge is 2.19. The maximum Gasteiger partial charge on any atom is 0.308 e. The van der Waals surface area contributed by atoms with Crippen LogP contribution in [0, 0.1) is 13.8 Å². The minimum atomic E-state index is -0.620. The number of nitrogens with zero attached hydrogens (tertiary/aromatic N) is 5. The average Bonchev–Trinajstić information content (AvgIpc) is 3.20. The van der Waals surface area contributed by atoms with Gasteiger partial charge in [-0.05, 0) is 39.0 Å². The Labute approximate surface area is 144 Å². The molecule has 0 aliphatic carbocycles. The number of ether oxygens (including phenoxy) is 1. The first-order valence-corrected chi connectivity index (χ1v) is 7.97. The van der Waals surface area contributed by atoms with E-state index in [1.54, 1.807) is 30.1 Å². The van der Waals surface area contributed by atoms with Gasteiger partial charge < -0.3 is 9.26 Å². The van der Waals surface area contributed by atoms with Crippen LogP contribution in [0.2, 0.25) is 0 Å². The lowest BCUT2D eigenvalue weighted by molar-refractivity contribution is -0.150. The zero-order chi connectivity index (χ0) is 17.8. The molecular formula is C17H19N5O3. The zero-order valence-electron chi connectivity index (χ0n) is 14.3. The van der Waals surface area contributed by atoms with Gasteiger partial charge in [0.1, 0.15) is 0 Å². The lowest BCUT2D eigenvalue weighted by Gasteiger charge is -2.09. The number of pyridine rings is 1. The highest BCUT2D eigenvalue weighted by molar-refractivity contribution is 5.69. The van der Waals surface area contributed by atoms with Gasteiger partial charge in [0.15, 0.2) is 6.10 Å². The van der Waals surface area contributed by atoms with E-state index in [1.165, 1.54) is 0 Å². The van der Waals surface area contributed by atoms with E-state index < -0.39 is 6.10 Å². The molecule has 0 aliphatic heterocycles. The first-order chi connectivity index (χ1) is 12.0. The van der Waals surface area contributed by atoms with E-state index in [4.69, 9.17) is 9.26 Å². The minimum absolute atomic E-state index is 0.218. The Hall–Kier alpha value is -3.03. The van der Waals surface area contributed by atoms with Crippen LogP contribution in [0.1, 0.15) is 36.7 Å². The summed E-state index contributed by atoms with van der Waals surface area (Å²) in [6.07, 6.45) is 2.90. The molecule has 0 bridgehead atoms. The predicted molar refractivity (Wildman–Crippen MR) is 88.4 cm³/mol. The van der Waals surface area contributed by atoms with Gasteiger partial charge in [0.05, 0.1) is 18.7 Å². The van der Waals surface area contributed by atoms with Gasteiger partial charge in [0.25, 0.3) is 5.89 Å². The SMILES string of the molecule is Cc1cc(C)n(CCC(=O)OC(C)c2nc(-c3cccnc3)no2)n1. The summed E-state index contributed by atoms with van der Waals surface area (Å²) in [6.45, 7) is 6.03. The molecule has 3 aromatic heterocycles. The quantitative estimate of drug-likeness (QED) is 0.636. The molecule has 1 unspecified atom stereocenters. The van der Waals surface area contributed by atoms with Gasteiger partial charge >= 0.3 is 5.97 Å². The minimum Gasteiger partial charge on any atom is -0.452 e. The summed E-state index contributed by atoms with van der Waals surface area (Å²) in [5.41, 5.74) is 2.67. The van der Waals surface area contributed by atoms with Gasteiger partial charge in [-0.15, -0.1) is 0 Å². The molecular weight excluding hydrogens is 322 g/mol. The second-order valence-electron chi connectivity index (χ2n) is 5.73. The smallest absolute Gasteiger partial charge is 0.308 e. The first kappa shape index (κ1) is 16.8. The van der Waals surface area contributed by atoms with Gasteiger partial charge in [-0.3, -0.25) is 14.5 Å². The number of aromatic nitrogens is 5. The van der Waals surface area contributed by atoms with Crippen molar-refractivity contribution >= 4 is 5.97 Å². The molecule has 1 atom stereocenters. The molecule has 130 valence electrons. The molecule has 0 amide bonds. The molecule has 3 rings (SSSR count). The summed E-state index contributed by atoms with van der Waals surface area (Å²) in [4.78, 5) is 20.3. The van der Waals surface area contributed by atoms with Gasteiger partial charge in [0.2, 0.25) is 5.82 Å². The fourth-order valence-corrected chi connectivity index (χ4v) is 2.42. The van der Waals surface area contributed by atoms with Gasteiger partial charge in [0, 0.05) is 23.7 Å². The second-order valence-corrected chi connectivity index (χ2v) is 5.73. The van der Waals surface area contributed by atoms with Crippen LogP contribution in [0.3, 0.4) is 0 Å². The van der Waals surface area contributed by atoms with E-state index in [0.717, 1.165) is 17.0 Å². The Morgan fingerprint density at radius 2 is 2.24 bits per heavy atom. The summed E-state index contributed by atoms with van der Waals surface area (Å²) >= 11 is 0. The molecule has 0 spiro atoms. The Balaban J connectivity index is 1.57. The lowest BCUT2D eigenvalue weighted by atomic mass is 10.3. The lowest BCUT2D eigenvalue weighted by Crippen LogP contribution is -2.13. The number of carbonyl (C=O) groups excluding carboxylic acids is 1. The van der Waals surface area contributed by atoms with Crippen LogP contribution in [0.5, 0.6) is 0 Å². The van der Waals surface area contributed by atoms with Crippen molar-refractivity contribution < 1.29 is 14.1 Å². The third kappa shape index (κ3) is 4.09. The number of aryl methyl sites for hydroxylation is 3. The predicted octanol–water partition coefficient (Wildman–Crippen LogP) is 2.64. The first-order valence-electron chi connectivity index (χ1n) is 7.97. The van der Waals surface area contributed by atoms with Crippen LogP contribution < -0.4 is 0 Å². The maximum atomic E-state index is 12.0. The van der Waals surface area contributed by atoms with Crippen molar-refractivity contribution in [2.24, 2.45) is 0 Å². The number of rotatable bonds is 6. The highest BCUT2D eigenvalue weighted by Crippen LogP contribution is 2.20. The molecule has 0 saturated carbocycles. The Bertz CT molecular complexity index is 856. The van der Waals surface area contributed by atoms with Crippen LogP contribution in [-0.2, 0) is 16.1 Å². The van der Waals surface area contributed by atoms with Crippen LogP contribution in [-0.4, -0.2) is 30.9 Å². The molecule has 0 saturated heterocycles. The molecule has 8 nitrogen and oxygen atoms in total. The van der Waals surface area contributed by atoms with Crippen molar-refractivity contribution in [3.8, 4) is 11.4 Å². The highest BCUT2D eigenvalue weighted by atomic mass is 16.6. The van der Waals surface area contributed by atoms with E-state index >= 15 is 0 Å². The van der Waals surface area contributed by atoms with Crippen molar-refractivity contribution in [3.63, 3.8) is 0 Å². The van der Waals surface area contributed by atoms with E-state index in [-0.39, 0.29) is 18.3 Å². The summed E-state index contributed by atoms with van der Waals surface area (Å²) in [5.74, 6) is 0.313. The fourth-order valence-electron chi connectivity index (χ4n) is 2.42. The summed E-state index contributed by atoms with van der Waals surface area (Å²) in [6, 6.07) is 5.58. The monoisotopic (exact) mass is 341 g/mol. The normalized spacial score (nSPS) is 12.1. The number of esters is 1.